The molecule has 1 atom stereocenters. The summed E-state index contributed by atoms with van der Waals surface area (Å²) in [5.74, 6) is 0.413. The molecule has 102 valence electrons. The highest BCUT2D eigenvalue weighted by atomic mass is 35.5. The molecule has 3 aromatic rings. The molecule has 3 rings (SSSR count). The summed E-state index contributed by atoms with van der Waals surface area (Å²) in [7, 11) is -1.17. The van der Waals surface area contributed by atoms with Crippen molar-refractivity contribution in [1.29, 1.82) is 0 Å². The van der Waals surface area contributed by atoms with Gasteiger partial charge in [0.2, 0.25) is 0 Å². The Morgan fingerprint density at radius 2 is 2.10 bits per heavy atom. The average Bonchev–Trinajstić information content (AvgIpc) is 2.81. The summed E-state index contributed by atoms with van der Waals surface area (Å²) >= 11 is 7.35. The molecule has 1 unspecified atom stereocenters. The van der Waals surface area contributed by atoms with Crippen molar-refractivity contribution in [1.82, 2.24) is 4.98 Å². The Kier molecular flexibility index (Phi) is 3.74. The molecule has 0 aliphatic heterocycles. The molecule has 2 N–H and O–H groups in total. The van der Waals surface area contributed by atoms with E-state index in [9.17, 15) is 4.21 Å². The number of halogens is 1. The largest absolute Gasteiger partial charge is 0.399 e. The normalized spacial score (nSPS) is 12.7. The highest BCUT2D eigenvalue weighted by molar-refractivity contribution is 7.86. The number of thiazole rings is 1. The molecule has 0 aliphatic carbocycles. The molecule has 0 bridgehead atoms. The summed E-state index contributed by atoms with van der Waals surface area (Å²) < 4.78 is 13.9. The monoisotopic (exact) mass is 322 g/mol. The van der Waals surface area contributed by atoms with E-state index in [4.69, 9.17) is 17.3 Å². The van der Waals surface area contributed by atoms with Crippen LogP contribution in [-0.4, -0.2) is 9.19 Å². The summed E-state index contributed by atoms with van der Waals surface area (Å²) in [6, 6.07) is 12.9. The van der Waals surface area contributed by atoms with Crippen molar-refractivity contribution in [2.75, 3.05) is 5.73 Å². The van der Waals surface area contributed by atoms with Gasteiger partial charge in [-0.2, -0.15) is 0 Å². The van der Waals surface area contributed by atoms with Crippen molar-refractivity contribution in [3.63, 3.8) is 0 Å². The van der Waals surface area contributed by atoms with Crippen LogP contribution in [0.25, 0.3) is 10.2 Å². The number of fused-ring (bicyclic) bond motifs is 1. The highest BCUT2D eigenvalue weighted by Gasteiger charge is 2.12. The van der Waals surface area contributed by atoms with Gasteiger partial charge in [0, 0.05) is 10.7 Å². The van der Waals surface area contributed by atoms with Gasteiger partial charge in [0.1, 0.15) is 0 Å². The number of nitrogen functional groups attached to an aromatic ring is 1. The maximum atomic E-state index is 12.4. The number of nitrogens with zero attached hydrogens (tertiary/aromatic N) is 1. The predicted octanol–water partition coefficient (Wildman–Crippen LogP) is 3.84. The lowest BCUT2D eigenvalue weighted by molar-refractivity contribution is 0.682. The van der Waals surface area contributed by atoms with E-state index in [-0.39, 0.29) is 0 Å². The Labute approximate surface area is 127 Å². The van der Waals surface area contributed by atoms with Gasteiger partial charge in [0.15, 0.2) is 4.34 Å². The second-order valence-corrected chi connectivity index (χ2v) is 7.42. The van der Waals surface area contributed by atoms with Crippen molar-refractivity contribution in [2.24, 2.45) is 0 Å². The Hall–Kier alpha value is -1.43. The van der Waals surface area contributed by atoms with Crippen molar-refractivity contribution in [2.45, 2.75) is 10.1 Å². The van der Waals surface area contributed by atoms with Crippen LogP contribution in [-0.2, 0) is 16.6 Å². The molecule has 0 saturated heterocycles. The molecule has 0 saturated carbocycles. The van der Waals surface area contributed by atoms with Crippen LogP contribution in [0.3, 0.4) is 0 Å². The van der Waals surface area contributed by atoms with Gasteiger partial charge in [0.05, 0.1) is 26.8 Å². The van der Waals surface area contributed by atoms with Crippen LogP contribution >= 0.6 is 22.9 Å². The minimum atomic E-state index is -1.17. The fraction of sp³-hybridized carbons (Fsp3) is 0.0714. The van der Waals surface area contributed by atoms with Gasteiger partial charge >= 0.3 is 0 Å². The minimum absolute atomic E-state index is 0.413. The third-order valence-electron chi connectivity index (χ3n) is 2.77. The number of hydrogen-bond donors (Lipinski definition) is 1. The maximum absolute atomic E-state index is 12.4. The summed E-state index contributed by atoms with van der Waals surface area (Å²) in [4.78, 5) is 4.40. The van der Waals surface area contributed by atoms with Crippen LogP contribution in [0, 0.1) is 0 Å². The maximum Gasteiger partial charge on any atom is 0.182 e. The number of aromatic nitrogens is 1. The zero-order chi connectivity index (χ0) is 14.1. The van der Waals surface area contributed by atoms with Crippen LogP contribution in [0.4, 0.5) is 5.69 Å². The van der Waals surface area contributed by atoms with E-state index in [1.807, 2.05) is 30.3 Å². The second kappa shape index (κ2) is 5.52. The van der Waals surface area contributed by atoms with E-state index in [2.05, 4.69) is 4.98 Å². The quantitative estimate of drug-likeness (QED) is 0.745. The molecule has 20 heavy (non-hydrogen) atoms. The summed E-state index contributed by atoms with van der Waals surface area (Å²) in [6.07, 6.45) is 0. The van der Waals surface area contributed by atoms with E-state index in [0.717, 1.165) is 15.8 Å². The Morgan fingerprint density at radius 1 is 1.25 bits per heavy atom. The van der Waals surface area contributed by atoms with Gasteiger partial charge in [-0.15, -0.1) is 11.3 Å². The number of rotatable bonds is 3. The highest BCUT2D eigenvalue weighted by Crippen LogP contribution is 2.27. The summed E-state index contributed by atoms with van der Waals surface area (Å²) in [5, 5.41) is 0.650. The Bertz CT molecular complexity index is 801. The van der Waals surface area contributed by atoms with Gasteiger partial charge in [-0.3, -0.25) is 4.21 Å². The molecular weight excluding hydrogens is 312 g/mol. The van der Waals surface area contributed by atoms with Crippen LogP contribution < -0.4 is 5.73 Å². The molecule has 0 radical (unpaired) electrons. The molecule has 0 fully saturated rings. The molecule has 0 aliphatic rings. The SMILES string of the molecule is Nc1ccc2nc(S(=O)Cc3cccc(Cl)c3)sc2c1. The molecule has 2 aromatic carbocycles. The van der Waals surface area contributed by atoms with Crippen molar-refractivity contribution in [3.8, 4) is 0 Å². The van der Waals surface area contributed by atoms with E-state index < -0.39 is 10.8 Å². The first-order valence-corrected chi connectivity index (χ1v) is 8.42. The Balaban J connectivity index is 1.88. The molecule has 0 spiro atoms. The topological polar surface area (TPSA) is 56.0 Å². The Morgan fingerprint density at radius 3 is 2.90 bits per heavy atom. The zero-order valence-corrected chi connectivity index (χ0v) is 12.8. The fourth-order valence-corrected chi connectivity index (χ4v) is 4.44. The van der Waals surface area contributed by atoms with Crippen molar-refractivity contribution >= 4 is 49.6 Å². The van der Waals surface area contributed by atoms with Gasteiger partial charge in [-0.1, -0.05) is 23.7 Å². The molecule has 1 heterocycles. The molecule has 6 heteroatoms. The first-order chi connectivity index (χ1) is 9.61. The van der Waals surface area contributed by atoms with Gasteiger partial charge in [0.25, 0.3) is 0 Å². The lowest BCUT2D eigenvalue weighted by atomic mass is 10.2. The average molecular weight is 323 g/mol. The van der Waals surface area contributed by atoms with E-state index >= 15 is 0 Å². The lowest BCUT2D eigenvalue weighted by Crippen LogP contribution is -1.95. The molecule has 3 nitrogen and oxygen atoms in total. The van der Waals surface area contributed by atoms with E-state index in [1.54, 1.807) is 12.1 Å². The standard InChI is InChI=1S/C14H11ClN2OS2/c15-10-3-1-2-9(6-10)8-20(18)14-17-12-5-4-11(16)7-13(12)19-14/h1-7H,8,16H2. The van der Waals surface area contributed by atoms with E-state index in [0.29, 0.717) is 20.8 Å². The second-order valence-electron chi connectivity index (χ2n) is 4.33. The van der Waals surface area contributed by atoms with Crippen LogP contribution in [0.2, 0.25) is 5.02 Å². The van der Waals surface area contributed by atoms with Crippen LogP contribution in [0.5, 0.6) is 0 Å². The van der Waals surface area contributed by atoms with Crippen LogP contribution in [0.1, 0.15) is 5.56 Å². The van der Waals surface area contributed by atoms with Gasteiger partial charge in [-0.25, -0.2) is 4.98 Å². The molecular formula is C14H11ClN2OS2. The summed E-state index contributed by atoms with van der Waals surface area (Å²) in [5.41, 5.74) is 8.20. The van der Waals surface area contributed by atoms with Gasteiger partial charge < -0.3 is 5.73 Å². The number of nitrogens with two attached hydrogens (primary N) is 1. The third-order valence-corrected chi connectivity index (χ3v) is 5.71. The first-order valence-electron chi connectivity index (χ1n) is 5.91. The lowest BCUT2D eigenvalue weighted by Gasteiger charge is -1.99. The summed E-state index contributed by atoms with van der Waals surface area (Å²) in [6.45, 7) is 0. The fourth-order valence-electron chi connectivity index (χ4n) is 1.86. The van der Waals surface area contributed by atoms with Crippen LogP contribution in [0.15, 0.2) is 46.8 Å². The van der Waals surface area contributed by atoms with E-state index in [1.165, 1.54) is 11.3 Å². The predicted molar refractivity (Wildman–Crippen MR) is 85.6 cm³/mol. The first kappa shape index (κ1) is 13.5. The molecule has 0 amide bonds. The minimum Gasteiger partial charge on any atom is -0.399 e. The third kappa shape index (κ3) is 2.85. The van der Waals surface area contributed by atoms with Crippen molar-refractivity contribution < 1.29 is 4.21 Å². The zero-order valence-electron chi connectivity index (χ0n) is 10.4. The number of benzene rings is 2. The van der Waals surface area contributed by atoms with Gasteiger partial charge in [-0.05, 0) is 35.9 Å². The number of anilines is 1. The molecule has 1 aromatic heterocycles. The smallest absolute Gasteiger partial charge is 0.182 e. The number of hydrogen-bond acceptors (Lipinski definition) is 4. The van der Waals surface area contributed by atoms with Crippen molar-refractivity contribution in [3.05, 3.63) is 53.1 Å².